The Hall–Kier alpha value is -1.64. The molecule has 2 rings (SSSR count). The number of hydrogen-bond acceptors (Lipinski definition) is 3. The van der Waals surface area contributed by atoms with E-state index in [-0.39, 0.29) is 5.78 Å². The van der Waals surface area contributed by atoms with Crippen molar-refractivity contribution >= 4 is 17.0 Å². The predicted molar refractivity (Wildman–Crippen MR) is 55.5 cm³/mol. The van der Waals surface area contributed by atoms with Crippen molar-refractivity contribution in [2.45, 2.75) is 19.3 Å². The van der Waals surface area contributed by atoms with Gasteiger partial charge in [0.05, 0.1) is 5.69 Å². The van der Waals surface area contributed by atoms with E-state index in [1.54, 1.807) is 18.3 Å². The number of carbonyl (C=O) groups is 1. The Balaban J connectivity index is 2.35. The lowest BCUT2D eigenvalue weighted by Gasteiger charge is -2.11. The molecule has 0 aromatic carbocycles. The first-order valence-corrected chi connectivity index (χ1v) is 4.71. The van der Waals surface area contributed by atoms with Crippen LogP contribution < -0.4 is 5.73 Å². The topological polar surface area (TPSA) is 56.0 Å². The summed E-state index contributed by atoms with van der Waals surface area (Å²) in [4.78, 5) is 15.4. The second-order valence-electron chi connectivity index (χ2n) is 3.46. The molecule has 0 amide bonds. The molecule has 1 heterocycles. The second kappa shape index (κ2) is 3.62. The van der Waals surface area contributed by atoms with E-state index in [0.29, 0.717) is 12.1 Å². The van der Waals surface area contributed by atoms with Crippen molar-refractivity contribution in [1.29, 1.82) is 0 Å². The molecule has 2 N–H and O–H groups in total. The Morgan fingerprint density at radius 1 is 1.36 bits per heavy atom. The van der Waals surface area contributed by atoms with Gasteiger partial charge in [-0.15, -0.1) is 0 Å². The van der Waals surface area contributed by atoms with Gasteiger partial charge in [-0.3, -0.25) is 9.78 Å². The van der Waals surface area contributed by atoms with Crippen molar-refractivity contribution in [3.8, 4) is 0 Å². The number of nitrogen functional groups attached to an aromatic ring is 1. The Morgan fingerprint density at radius 3 is 2.93 bits per heavy atom. The lowest BCUT2D eigenvalue weighted by atomic mass is 9.96. The first-order chi connectivity index (χ1) is 6.75. The minimum atomic E-state index is 0.190. The van der Waals surface area contributed by atoms with Crippen molar-refractivity contribution < 1.29 is 4.79 Å². The Bertz CT molecular complexity index is 396. The van der Waals surface area contributed by atoms with Crippen molar-refractivity contribution in [2.24, 2.45) is 0 Å². The maximum atomic E-state index is 11.2. The molecular weight excluding hydrogens is 176 g/mol. The van der Waals surface area contributed by atoms with Crippen LogP contribution in [-0.4, -0.2) is 10.8 Å². The monoisotopic (exact) mass is 188 g/mol. The molecule has 1 aromatic heterocycles. The number of aromatic nitrogens is 1. The number of anilines is 1. The zero-order chi connectivity index (χ0) is 9.97. The van der Waals surface area contributed by atoms with Crippen LogP contribution in [0.15, 0.2) is 24.4 Å². The number of nitrogens with zero attached hydrogens (tertiary/aromatic N) is 1. The fourth-order valence-electron chi connectivity index (χ4n) is 1.62. The summed E-state index contributed by atoms with van der Waals surface area (Å²) in [5.41, 5.74) is 8.18. The maximum absolute atomic E-state index is 11.2. The summed E-state index contributed by atoms with van der Waals surface area (Å²) in [7, 11) is 0. The summed E-state index contributed by atoms with van der Waals surface area (Å²) in [6.45, 7) is 0. The number of ketones is 1. The average molecular weight is 188 g/mol. The van der Waals surface area contributed by atoms with Crippen LogP contribution in [0.4, 0.5) is 5.69 Å². The molecule has 1 aromatic rings. The maximum Gasteiger partial charge on any atom is 0.156 e. The van der Waals surface area contributed by atoms with Gasteiger partial charge in [-0.1, -0.05) is 0 Å². The van der Waals surface area contributed by atoms with E-state index in [1.807, 2.05) is 6.07 Å². The van der Waals surface area contributed by atoms with Gasteiger partial charge in [0.15, 0.2) is 5.78 Å². The third-order valence-corrected chi connectivity index (χ3v) is 2.32. The van der Waals surface area contributed by atoms with E-state index in [1.165, 1.54) is 0 Å². The fraction of sp³-hybridized carbons (Fsp3) is 0.273. The van der Waals surface area contributed by atoms with Gasteiger partial charge >= 0.3 is 0 Å². The molecule has 0 atom stereocenters. The summed E-state index contributed by atoms with van der Waals surface area (Å²) in [6, 6.07) is 3.55. The Morgan fingerprint density at radius 2 is 2.21 bits per heavy atom. The van der Waals surface area contributed by atoms with Crippen LogP contribution in [0.5, 0.6) is 0 Å². The molecule has 1 aliphatic carbocycles. The van der Waals surface area contributed by atoms with Crippen molar-refractivity contribution in [3.05, 3.63) is 30.1 Å². The van der Waals surface area contributed by atoms with Crippen LogP contribution in [0.3, 0.4) is 0 Å². The number of pyridine rings is 1. The number of nitrogens with two attached hydrogens (primary N) is 1. The SMILES string of the molecule is Nc1ccnc(C2=CC(=O)CCC2)c1. The molecule has 0 fully saturated rings. The second-order valence-corrected chi connectivity index (χ2v) is 3.46. The van der Waals surface area contributed by atoms with E-state index < -0.39 is 0 Å². The van der Waals surface area contributed by atoms with Crippen LogP contribution >= 0.6 is 0 Å². The summed E-state index contributed by atoms with van der Waals surface area (Å²) in [6.07, 6.45) is 5.85. The zero-order valence-corrected chi connectivity index (χ0v) is 7.86. The minimum absolute atomic E-state index is 0.190. The van der Waals surface area contributed by atoms with Gasteiger partial charge in [-0.05, 0) is 36.6 Å². The summed E-state index contributed by atoms with van der Waals surface area (Å²) in [5.74, 6) is 0.190. The first kappa shape index (κ1) is 8.94. The molecule has 0 radical (unpaired) electrons. The van der Waals surface area contributed by atoms with Crippen molar-refractivity contribution in [3.63, 3.8) is 0 Å². The van der Waals surface area contributed by atoms with Gasteiger partial charge in [0.25, 0.3) is 0 Å². The quantitative estimate of drug-likeness (QED) is 0.731. The van der Waals surface area contributed by atoms with E-state index in [2.05, 4.69) is 4.98 Å². The highest BCUT2D eigenvalue weighted by molar-refractivity contribution is 5.98. The van der Waals surface area contributed by atoms with Gasteiger partial charge < -0.3 is 5.73 Å². The highest BCUT2D eigenvalue weighted by Gasteiger charge is 2.12. The van der Waals surface area contributed by atoms with E-state index in [9.17, 15) is 4.79 Å². The van der Waals surface area contributed by atoms with E-state index in [0.717, 1.165) is 24.1 Å². The Kier molecular flexibility index (Phi) is 2.31. The average Bonchev–Trinajstić information content (AvgIpc) is 2.18. The van der Waals surface area contributed by atoms with Gasteiger partial charge in [-0.2, -0.15) is 0 Å². The number of allylic oxidation sites excluding steroid dienone is 2. The smallest absolute Gasteiger partial charge is 0.156 e. The predicted octanol–water partition coefficient (Wildman–Crippen LogP) is 1.80. The van der Waals surface area contributed by atoms with Gasteiger partial charge in [0.1, 0.15) is 0 Å². The molecule has 0 aliphatic heterocycles. The molecule has 0 unspecified atom stereocenters. The molecule has 1 aliphatic rings. The minimum Gasteiger partial charge on any atom is -0.399 e. The lowest BCUT2D eigenvalue weighted by Crippen LogP contribution is -2.03. The molecule has 0 saturated heterocycles. The van der Waals surface area contributed by atoms with Crippen molar-refractivity contribution in [1.82, 2.24) is 4.98 Å². The number of carbonyl (C=O) groups excluding carboxylic acids is 1. The first-order valence-electron chi connectivity index (χ1n) is 4.71. The van der Waals surface area contributed by atoms with Crippen LogP contribution in [0, 0.1) is 0 Å². The highest BCUT2D eigenvalue weighted by atomic mass is 16.1. The van der Waals surface area contributed by atoms with Gasteiger partial charge in [-0.25, -0.2) is 0 Å². The molecule has 0 spiro atoms. The van der Waals surface area contributed by atoms with E-state index in [4.69, 9.17) is 5.73 Å². The summed E-state index contributed by atoms with van der Waals surface area (Å²) in [5, 5.41) is 0. The number of hydrogen-bond donors (Lipinski definition) is 1. The van der Waals surface area contributed by atoms with Gasteiger partial charge in [0.2, 0.25) is 0 Å². The van der Waals surface area contributed by atoms with Crippen LogP contribution in [0.2, 0.25) is 0 Å². The summed E-state index contributed by atoms with van der Waals surface area (Å²) < 4.78 is 0. The largest absolute Gasteiger partial charge is 0.399 e. The molecule has 3 heteroatoms. The lowest BCUT2D eigenvalue weighted by molar-refractivity contribution is -0.114. The molecule has 72 valence electrons. The molecule has 3 nitrogen and oxygen atoms in total. The third-order valence-electron chi connectivity index (χ3n) is 2.32. The van der Waals surface area contributed by atoms with E-state index >= 15 is 0 Å². The highest BCUT2D eigenvalue weighted by Crippen LogP contribution is 2.24. The molecular formula is C11H12N2O. The normalized spacial score (nSPS) is 16.6. The van der Waals surface area contributed by atoms with Crippen LogP contribution in [0.1, 0.15) is 25.0 Å². The number of rotatable bonds is 1. The molecule has 14 heavy (non-hydrogen) atoms. The van der Waals surface area contributed by atoms with Crippen molar-refractivity contribution in [2.75, 3.05) is 5.73 Å². The Labute approximate surface area is 82.6 Å². The van der Waals surface area contributed by atoms with Gasteiger partial charge in [0, 0.05) is 18.3 Å². The van der Waals surface area contributed by atoms with Crippen LogP contribution in [-0.2, 0) is 4.79 Å². The summed E-state index contributed by atoms with van der Waals surface area (Å²) >= 11 is 0. The fourth-order valence-corrected chi connectivity index (χ4v) is 1.62. The standard InChI is InChI=1S/C11H12N2O/c12-9-4-5-13-11(7-9)8-2-1-3-10(14)6-8/h4-7H,1-3H2,(H2,12,13). The molecule has 0 saturated carbocycles. The third kappa shape index (κ3) is 1.82. The zero-order valence-electron chi connectivity index (χ0n) is 7.86. The van der Waals surface area contributed by atoms with Crippen LogP contribution in [0.25, 0.3) is 5.57 Å². The molecule has 0 bridgehead atoms.